The summed E-state index contributed by atoms with van der Waals surface area (Å²) in [6, 6.07) is 7.40. The lowest BCUT2D eigenvalue weighted by Crippen LogP contribution is -2.31. The molecule has 1 aliphatic carbocycles. The second-order valence-electron chi connectivity index (χ2n) is 9.33. The average Bonchev–Trinajstić information content (AvgIpc) is 3.49. The molecular weight excluding hydrogens is 484 g/mol. The van der Waals surface area contributed by atoms with E-state index in [1.54, 1.807) is 12.1 Å². The minimum Gasteiger partial charge on any atom is -0.493 e. The van der Waals surface area contributed by atoms with Crippen molar-refractivity contribution >= 4 is 17.9 Å². The number of rotatable bonds is 9. The van der Waals surface area contributed by atoms with Crippen molar-refractivity contribution in [2.75, 3.05) is 27.6 Å². The Morgan fingerprint density at radius 3 is 2.32 bits per heavy atom. The molecule has 2 aliphatic heterocycles. The quantitative estimate of drug-likeness (QED) is 0.303. The zero-order valence-electron chi connectivity index (χ0n) is 20.6. The van der Waals surface area contributed by atoms with Crippen LogP contribution < -0.4 is 23.7 Å². The molecule has 2 aromatic rings. The Bertz CT molecular complexity index is 1210. The van der Waals surface area contributed by atoms with Crippen LogP contribution in [-0.4, -0.2) is 50.6 Å². The lowest BCUT2D eigenvalue weighted by atomic mass is 9.67. The van der Waals surface area contributed by atoms with Crippen molar-refractivity contribution in [3.8, 4) is 28.7 Å². The van der Waals surface area contributed by atoms with Gasteiger partial charge in [-0.15, -0.1) is 0 Å². The smallest absolute Gasteiger partial charge is 0.311 e. The number of carbonyl (C=O) groups is 3. The number of carboxylic acid groups (broad SMARTS) is 1. The number of aliphatic carboxylic acids is 1. The van der Waals surface area contributed by atoms with Crippen molar-refractivity contribution in [3.05, 3.63) is 41.0 Å². The molecule has 0 amide bonds. The monoisotopic (exact) mass is 512 g/mol. The van der Waals surface area contributed by atoms with Crippen molar-refractivity contribution in [1.82, 2.24) is 0 Å². The fourth-order valence-electron chi connectivity index (χ4n) is 5.40. The molecule has 2 heterocycles. The SMILES string of the molecule is COc1cc([C@@H]2c3cc4c(cc3C[C@H]3COC(=O)[C@@H]32)OCO4)cc(OC)c1OC(=O)CCCCC(=O)O. The molecule has 3 aliphatic rings. The molecule has 0 aromatic heterocycles. The van der Waals surface area contributed by atoms with Gasteiger partial charge in [-0.1, -0.05) is 0 Å². The van der Waals surface area contributed by atoms with Gasteiger partial charge >= 0.3 is 17.9 Å². The normalized spacial score (nSPS) is 21.0. The molecular formula is C27H28O10. The Labute approximate surface area is 213 Å². The number of carbonyl (C=O) groups excluding carboxylic acids is 2. The number of methoxy groups -OCH3 is 2. The van der Waals surface area contributed by atoms with Gasteiger partial charge in [-0.05, 0) is 60.2 Å². The number of unbranched alkanes of at least 4 members (excludes halogenated alkanes) is 1. The van der Waals surface area contributed by atoms with Crippen LogP contribution in [0.3, 0.4) is 0 Å². The van der Waals surface area contributed by atoms with Crippen molar-refractivity contribution in [1.29, 1.82) is 0 Å². The van der Waals surface area contributed by atoms with E-state index >= 15 is 0 Å². The van der Waals surface area contributed by atoms with Crippen LogP contribution in [0.5, 0.6) is 28.7 Å². The maximum absolute atomic E-state index is 12.9. The summed E-state index contributed by atoms with van der Waals surface area (Å²) in [6.45, 7) is 0.496. The van der Waals surface area contributed by atoms with Crippen LogP contribution in [-0.2, 0) is 25.5 Å². The van der Waals surface area contributed by atoms with E-state index in [1.807, 2.05) is 12.1 Å². The summed E-state index contributed by atoms with van der Waals surface area (Å²) in [7, 11) is 2.92. The zero-order valence-corrected chi connectivity index (χ0v) is 20.6. The molecule has 0 radical (unpaired) electrons. The number of hydrogen-bond acceptors (Lipinski definition) is 9. The lowest BCUT2D eigenvalue weighted by Gasteiger charge is -2.34. The van der Waals surface area contributed by atoms with E-state index in [-0.39, 0.29) is 54.7 Å². The lowest BCUT2D eigenvalue weighted by molar-refractivity contribution is -0.141. The van der Waals surface area contributed by atoms with Gasteiger partial charge in [-0.25, -0.2) is 0 Å². The number of ether oxygens (including phenoxy) is 6. The summed E-state index contributed by atoms with van der Waals surface area (Å²) in [4.78, 5) is 36.0. The topological polar surface area (TPSA) is 127 Å². The molecule has 3 atom stereocenters. The van der Waals surface area contributed by atoms with Gasteiger partial charge in [0.25, 0.3) is 0 Å². The van der Waals surface area contributed by atoms with E-state index in [9.17, 15) is 14.4 Å². The van der Waals surface area contributed by atoms with E-state index in [1.165, 1.54) is 14.2 Å². The molecule has 37 heavy (non-hydrogen) atoms. The standard InChI is InChI=1S/C27H28O10/c1-32-20-9-15(10-21(33-2)26(20)37-23(30)6-4-3-5-22(28)29)24-17-11-19-18(35-13-36-19)8-14(17)7-16-12-34-27(31)25(16)24/h8-11,16,24-25H,3-7,12-13H2,1-2H3,(H,28,29)/t16-,24+,25-/m0/s1. The zero-order chi connectivity index (χ0) is 26.1. The van der Waals surface area contributed by atoms with Gasteiger partial charge < -0.3 is 33.5 Å². The molecule has 0 spiro atoms. The first kappa shape index (κ1) is 24.7. The molecule has 0 unspecified atom stereocenters. The summed E-state index contributed by atoms with van der Waals surface area (Å²) in [6.07, 6.45) is 1.48. The highest BCUT2D eigenvalue weighted by molar-refractivity contribution is 5.79. The van der Waals surface area contributed by atoms with Gasteiger partial charge in [0, 0.05) is 24.7 Å². The molecule has 10 nitrogen and oxygen atoms in total. The summed E-state index contributed by atoms with van der Waals surface area (Å²) in [5, 5.41) is 8.77. The average molecular weight is 513 g/mol. The van der Waals surface area contributed by atoms with Gasteiger partial charge in [-0.2, -0.15) is 0 Å². The van der Waals surface area contributed by atoms with Gasteiger partial charge in [0.05, 0.1) is 26.7 Å². The summed E-state index contributed by atoms with van der Waals surface area (Å²) >= 11 is 0. The van der Waals surface area contributed by atoms with Crippen molar-refractivity contribution in [2.24, 2.45) is 11.8 Å². The third kappa shape index (κ3) is 4.75. The fourth-order valence-corrected chi connectivity index (χ4v) is 5.40. The van der Waals surface area contributed by atoms with E-state index in [0.717, 1.165) is 16.7 Å². The van der Waals surface area contributed by atoms with Crippen LogP contribution in [0.4, 0.5) is 0 Å². The number of fused-ring (bicyclic) bond motifs is 3. The number of cyclic esters (lactones) is 1. The largest absolute Gasteiger partial charge is 0.493 e. The van der Waals surface area contributed by atoms with E-state index in [2.05, 4.69) is 0 Å². The Hall–Kier alpha value is -3.95. The number of esters is 2. The molecule has 1 fully saturated rings. The Kier molecular flexibility index (Phi) is 6.82. The maximum atomic E-state index is 12.9. The third-order valence-electron chi connectivity index (χ3n) is 7.11. The van der Waals surface area contributed by atoms with E-state index in [0.29, 0.717) is 37.4 Å². The minimum absolute atomic E-state index is 0.00525. The summed E-state index contributed by atoms with van der Waals surface area (Å²) < 4.78 is 33.4. The maximum Gasteiger partial charge on any atom is 0.311 e. The third-order valence-corrected chi connectivity index (χ3v) is 7.11. The van der Waals surface area contributed by atoms with Crippen LogP contribution in [0, 0.1) is 11.8 Å². The van der Waals surface area contributed by atoms with Gasteiger partial charge in [0.1, 0.15) is 0 Å². The summed E-state index contributed by atoms with van der Waals surface area (Å²) in [5.41, 5.74) is 2.75. The highest BCUT2D eigenvalue weighted by Crippen LogP contribution is 2.52. The second kappa shape index (κ2) is 10.2. The molecule has 0 bridgehead atoms. The number of benzene rings is 2. The predicted molar refractivity (Wildman–Crippen MR) is 127 cm³/mol. The first-order chi connectivity index (χ1) is 17.9. The molecule has 196 valence electrons. The van der Waals surface area contributed by atoms with Crippen LogP contribution >= 0.6 is 0 Å². The first-order valence-electron chi connectivity index (χ1n) is 12.2. The van der Waals surface area contributed by atoms with Crippen molar-refractivity contribution in [2.45, 2.75) is 38.0 Å². The van der Waals surface area contributed by atoms with Gasteiger partial charge in [0.15, 0.2) is 23.0 Å². The first-order valence-corrected chi connectivity index (χ1v) is 12.2. The Balaban J connectivity index is 1.49. The molecule has 2 aromatic carbocycles. The minimum atomic E-state index is -0.908. The van der Waals surface area contributed by atoms with Crippen LogP contribution in [0.25, 0.3) is 0 Å². The molecule has 10 heteroatoms. The van der Waals surface area contributed by atoms with Crippen LogP contribution in [0.1, 0.15) is 48.3 Å². The molecule has 1 N–H and O–H groups in total. The second-order valence-corrected chi connectivity index (χ2v) is 9.33. The number of carboxylic acids is 1. The Morgan fingerprint density at radius 1 is 0.973 bits per heavy atom. The summed E-state index contributed by atoms with van der Waals surface area (Å²) in [5.74, 6) is -0.440. The Morgan fingerprint density at radius 2 is 1.65 bits per heavy atom. The van der Waals surface area contributed by atoms with E-state index < -0.39 is 17.9 Å². The predicted octanol–water partition coefficient (Wildman–Crippen LogP) is 3.46. The van der Waals surface area contributed by atoms with Crippen molar-refractivity contribution < 1.29 is 47.9 Å². The highest BCUT2D eigenvalue weighted by atomic mass is 16.7. The van der Waals surface area contributed by atoms with Gasteiger partial charge in [0.2, 0.25) is 12.5 Å². The molecule has 1 saturated heterocycles. The van der Waals surface area contributed by atoms with Gasteiger partial charge in [-0.3, -0.25) is 14.4 Å². The van der Waals surface area contributed by atoms with Crippen molar-refractivity contribution in [3.63, 3.8) is 0 Å². The van der Waals surface area contributed by atoms with E-state index in [4.69, 9.17) is 33.5 Å². The van der Waals surface area contributed by atoms with Crippen LogP contribution in [0.15, 0.2) is 24.3 Å². The number of hydrogen-bond donors (Lipinski definition) is 1. The fraction of sp³-hybridized carbons (Fsp3) is 0.444. The highest BCUT2D eigenvalue weighted by Gasteiger charge is 2.48. The molecule has 5 rings (SSSR count). The van der Waals surface area contributed by atoms with Crippen LogP contribution in [0.2, 0.25) is 0 Å². The molecule has 0 saturated carbocycles.